The van der Waals surface area contributed by atoms with Crippen LogP contribution in [0, 0.1) is 27.0 Å². The molecule has 0 saturated heterocycles. The Morgan fingerprint density at radius 2 is 1.05 bits per heavy atom. The molecule has 0 aromatic rings. The summed E-state index contributed by atoms with van der Waals surface area (Å²) in [4.78, 5) is 0. The quantitative estimate of drug-likeness (QED) is 0.418. The minimum absolute atomic E-state index is 0. The first kappa shape index (κ1) is 32.4. The molecule has 4 heteroatoms. The van der Waals surface area contributed by atoms with E-state index in [9.17, 15) is 0 Å². The molecule has 0 aromatic carbocycles. The van der Waals surface area contributed by atoms with E-state index < -0.39 is 0 Å². The average Bonchev–Trinajstić information content (AvgIpc) is 2.83. The van der Waals surface area contributed by atoms with Crippen molar-refractivity contribution in [3.05, 3.63) is 61.4 Å². The molecule has 0 atom stereocenters. The molecule has 20 heavy (non-hydrogen) atoms. The van der Waals surface area contributed by atoms with E-state index >= 15 is 0 Å². The van der Waals surface area contributed by atoms with E-state index in [1.165, 1.54) is 22.3 Å². The van der Waals surface area contributed by atoms with Crippen LogP contribution in [0.4, 0.5) is 0 Å². The van der Waals surface area contributed by atoms with Crippen molar-refractivity contribution in [1.82, 2.24) is 0 Å². The number of hydrogen-bond donors (Lipinski definition) is 0. The van der Waals surface area contributed by atoms with E-state index in [0.717, 1.165) is 12.8 Å². The summed E-state index contributed by atoms with van der Waals surface area (Å²) in [7, 11) is 1.86. The molecule has 0 spiro atoms. The summed E-state index contributed by atoms with van der Waals surface area (Å²) in [6, 6.07) is 0. The van der Waals surface area contributed by atoms with Crippen molar-refractivity contribution in [2.24, 2.45) is 0 Å². The van der Waals surface area contributed by atoms with Crippen molar-refractivity contribution >= 4 is 32.4 Å². The molecule has 0 aliphatic heterocycles. The first-order valence-corrected chi connectivity index (χ1v) is 9.47. The van der Waals surface area contributed by atoms with E-state index in [-0.39, 0.29) is 39.7 Å². The van der Waals surface area contributed by atoms with Crippen molar-refractivity contribution in [3.63, 3.8) is 0 Å². The molecule has 0 heterocycles. The topological polar surface area (TPSA) is 0 Å². The van der Waals surface area contributed by atoms with Crippen molar-refractivity contribution in [3.8, 4) is 0 Å². The van der Waals surface area contributed by atoms with Gasteiger partial charge in [0.1, 0.15) is 0 Å². The van der Waals surface area contributed by atoms with E-state index in [4.69, 9.17) is 0 Å². The van der Waals surface area contributed by atoms with Gasteiger partial charge in [0.15, 0.2) is 0 Å². The summed E-state index contributed by atoms with van der Waals surface area (Å²) in [5.41, 5.74) is 5.42. The first-order chi connectivity index (χ1) is 7.61. The molecular formula is C16H28Cl2SiTi-4. The Balaban J connectivity index is -0.0000000566. The molecule has 2 aliphatic carbocycles. The summed E-state index contributed by atoms with van der Waals surface area (Å²) in [6.45, 7) is 8.43. The van der Waals surface area contributed by atoms with Crippen LogP contribution in [0.3, 0.4) is 0 Å². The van der Waals surface area contributed by atoms with Crippen molar-refractivity contribution in [1.29, 1.82) is 0 Å². The molecule has 0 unspecified atom stereocenters. The first-order valence-electron chi connectivity index (χ1n) is 5.45. The SMILES string of the molecule is CC1=[C-]CC=C1C.CC1=[C-]CC=C1C.Cl.Cl.[CH3-].[CH3-].[SiH2]=[Ti]. The maximum absolute atomic E-state index is 3.19. The Morgan fingerprint density at radius 3 is 1.10 bits per heavy atom. The fourth-order valence-electron chi connectivity index (χ4n) is 1.30. The Kier molecular flexibility index (Phi) is 31.6. The number of allylic oxidation sites excluding steroid dienone is 8. The van der Waals surface area contributed by atoms with Crippen molar-refractivity contribution in [2.45, 2.75) is 40.5 Å². The van der Waals surface area contributed by atoms with Gasteiger partial charge in [0.05, 0.1) is 0 Å². The number of hydrogen-bond acceptors (Lipinski definition) is 0. The van der Waals surface area contributed by atoms with E-state index in [1.807, 2.05) is 26.8 Å². The van der Waals surface area contributed by atoms with Gasteiger partial charge in [-0.05, 0) is 0 Å². The summed E-state index contributed by atoms with van der Waals surface area (Å²) in [5, 5.41) is 0. The molecule has 0 radical (unpaired) electrons. The third-order valence-electron chi connectivity index (χ3n) is 2.73. The fraction of sp³-hybridized carbons (Fsp3) is 0.375. The zero-order chi connectivity index (χ0) is 12.6. The van der Waals surface area contributed by atoms with Crippen LogP contribution in [0.25, 0.3) is 0 Å². The third-order valence-corrected chi connectivity index (χ3v) is 2.73. The van der Waals surface area contributed by atoms with Crippen LogP contribution in [0.2, 0.25) is 0 Å². The molecule has 0 saturated carbocycles. The fourth-order valence-corrected chi connectivity index (χ4v) is 1.30. The van der Waals surface area contributed by atoms with Crippen LogP contribution >= 0.6 is 24.8 Å². The van der Waals surface area contributed by atoms with Gasteiger partial charge in [-0.3, -0.25) is 12.2 Å². The molecule has 0 N–H and O–H groups in total. The second kappa shape index (κ2) is 19.5. The average molecular weight is 367 g/mol. The van der Waals surface area contributed by atoms with Crippen LogP contribution in [-0.4, -0.2) is 7.63 Å². The van der Waals surface area contributed by atoms with Gasteiger partial charge in [0, 0.05) is 0 Å². The number of rotatable bonds is 0. The van der Waals surface area contributed by atoms with Crippen LogP contribution < -0.4 is 0 Å². The molecular weight excluding hydrogens is 339 g/mol. The van der Waals surface area contributed by atoms with E-state index in [1.54, 1.807) is 0 Å². The molecule has 118 valence electrons. The van der Waals surface area contributed by atoms with Gasteiger partial charge in [0.2, 0.25) is 0 Å². The Bertz CT molecular complexity index is 289. The Labute approximate surface area is 153 Å². The van der Waals surface area contributed by atoms with Crippen LogP contribution in [0.5, 0.6) is 0 Å². The van der Waals surface area contributed by atoms with Crippen LogP contribution in [0.1, 0.15) is 40.5 Å². The van der Waals surface area contributed by atoms with Gasteiger partial charge in [-0.1, -0.05) is 13.8 Å². The Morgan fingerprint density at radius 1 is 0.800 bits per heavy atom. The van der Waals surface area contributed by atoms with Gasteiger partial charge in [-0.15, -0.1) is 51.5 Å². The maximum atomic E-state index is 3.19. The monoisotopic (exact) mass is 366 g/mol. The van der Waals surface area contributed by atoms with Crippen LogP contribution in [-0.2, 0) is 19.2 Å². The third kappa shape index (κ3) is 13.5. The predicted octanol–water partition coefficient (Wildman–Crippen LogP) is 5.00. The second-order valence-electron chi connectivity index (χ2n) is 3.79. The van der Waals surface area contributed by atoms with Gasteiger partial charge >= 0.3 is 26.8 Å². The predicted molar refractivity (Wildman–Crippen MR) is 97.5 cm³/mol. The summed E-state index contributed by atoms with van der Waals surface area (Å²) in [6.07, 6.45) is 12.8. The summed E-state index contributed by atoms with van der Waals surface area (Å²) in [5.74, 6) is 0. The van der Waals surface area contributed by atoms with Gasteiger partial charge in [0.25, 0.3) is 0 Å². The molecule has 0 fully saturated rings. The molecule has 0 bridgehead atoms. The van der Waals surface area contributed by atoms with Crippen LogP contribution in [0.15, 0.2) is 34.4 Å². The molecule has 2 aliphatic rings. The normalized spacial score (nSPS) is 13.6. The number of halogens is 2. The van der Waals surface area contributed by atoms with E-state index in [0.29, 0.717) is 0 Å². The zero-order valence-corrected chi connectivity index (χ0v) is 18.2. The minimum atomic E-state index is 0. The molecule has 0 nitrogen and oxygen atoms in total. The second-order valence-corrected chi connectivity index (χ2v) is 3.79. The Hall–Kier alpha value is 0.471. The molecule has 0 amide bonds. The molecule has 0 aromatic heterocycles. The van der Waals surface area contributed by atoms with Gasteiger partial charge in [-0.25, -0.2) is 22.3 Å². The standard InChI is InChI=1S/2C7H9.2CH3.2ClH.H2Si.Ti/c2*1-6-4-3-5-7(6)2;;;;;;/h2*4H,3H2,1-2H3;2*1H3;2*1H;1H2;/q4*-1;;;;. The van der Waals surface area contributed by atoms with Crippen molar-refractivity contribution < 1.29 is 19.2 Å². The zero-order valence-electron chi connectivity index (χ0n) is 13.6. The summed E-state index contributed by atoms with van der Waals surface area (Å²) >= 11 is 2.03. The van der Waals surface area contributed by atoms with E-state index in [2.05, 4.69) is 52.0 Å². The molecule has 2 rings (SSSR count). The van der Waals surface area contributed by atoms with Gasteiger partial charge in [-0.2, -0.15) is 12.2 Å². The van der Waals surface area contributed by atoms with Gasteiger partial charge < -0.3 is 14.9 Å². The van der Waals surface area contributed by atoms with Crippen molar-refractivity contribution in [2.75, 3.05) is 0 Å². The summed E-state index contributed by atoms with van der Waals surface area (Å²) < 4.78 is 0.